The van der Waals surface area contributed by atoms with E-state index in [1.165, 1.54) is 84.9 Å². The Balaban J connectivity index is 1.02. The Morgan fingerprint density at radius 1 is 0.622 bits per heavy atom. The van der Waals surface area contributed by atoms with Gasteiger partial charge in [-0.05, 0) is 108 Å². The van der Waals surface area contributed by atoms with E-state index < -0.39 is 0 Å². The summed E-state index contributed by atoms with van der Waals surface area (Å²) in [6.07, 6.45) is 15.1. The fourth-order valence-electron chi connectivity index (χ4n) is 7.59. The number of allylic oxidation sites excluding steroid dienone is 5. The average molecular weight is 612 g/mol. The van der Waals surface area contributed by atoms with Crippen molar-refractivity contribution < 1.29 is 0 Å². The number of aryl methyl sites for hydroxylation is 1. The second-order valence-corrected chi connectivity index (χ2v) is 14.5. The summed E-state index contributed by atoms with van der Waals surface area (Å²) in [6.45, 7) is 0. The predicted molar refractivity (Wildman–Crippen MR) is 197 cm³/mol. The number of benzene rings is 5. The molecule has 214 valence electrons. The minimum Gasteiger partial charge on any atom is -0.309 e. The Kier molecular flexibility index (Phi) is 5.64. The minimum absolute atomic E-state index is 0.399. The van der Waals surface area contributed by atoms with Crippen molar-refractivity contribution in [3.63, 3.8) is 0 Å². The van der Waals surface area contributed by atoms with Gasteiger partial charge in [0.25, 0.3) is 0 Å². The SMILES string of the molecule is C1=Cc2sc3ccc(-n4c5ccccc5c5cc(C6=CCC(c7ccc8sc9ccccc9c8c7)C=C6)ccc54)cc3c2CC1. The number of rotatable bonds is 3. The molecule has 3 heteroatoms. The summed E-state index contributed by atoms with van der Waals surface area (Å²) in [7, 11) is 0. The summed E-state index contributed by atoms with van der Waals surface area (Å²) in [5.74, 6) is 0.399. The van der Waals surface area contributed by atoms with Crippen LogP contribution in [0, 0.1) is 0 Å². The first-order valence-corrected chi connectivity index (χ1v) is 17.5. The Hall–Kier alpha value is -4.70. The lowest BCUT2D eigenvalue weighted by atomic mass is 9.87. The molecular formula is C42H29NS2. The Morgan fingerprint density at radius 3 is 2.38 bits per heavy atom. The molecule has 3 heterocycles. The summed E-state index contributed by atoms with van der Waals surface area (Å²) < 4.78 is 6.58. The number of para-hydroxylation sites is 1. The highest BCUT2D eigenvalue weighted by atomic mass is 32.1. The number of nitrogens with zero attached hydrogens (tertiary/aromatic N) is 1. The zero-order valence-electron chi connectivity index (χ0n) is 24.7. The first kappa shape index (κ1) is 25.6. The van der Waals surface area contributed by atoms with Gasteiger partial charge < -0.3 is 4.57 Å². The number of aromatic nitrogens is 1. The lowest BCUT2D eigenvalue weighted by molar-refractivity contribution is 0.858. The molecule has 0 saturated heterocycles. The van der Waals surface area contributed by atoms with Gasteiger partial charge in [0.05, 0.1) is 11.0 Å². The molecule has 2 aliphatic carbocycles. The Labute approximate surface area is 269 Å². The molecule has 0 bridgehead atoms. The normalized spacial score (nSPS) is 16.4. The molecule has 5 aromatic carbocycles. The van der Waals surface area contributed by atoms with Crippen molar-refractivity contribution in [3.05, 3.63) is 149 Å². The van der Waals surface area contributed by atoms with E-state index in [2.05, 4.69) is 138 Å². The van der Waals surface area contributed by atoms with Crippen molar-refractivity contribution in [1.82, 2.24) is 4.57 Å². The Morgan fingerprint density at radius 2 is 1.44 bits per heavy atom. The van der Waals surface area contributed by atoms with E-state index >= 15 is 0 Å². The summed E-state index contributed by atoms with van der Waals surface area (Å²) in [5, 5.41) is 6.78. The maximum Gasteiger partial charge on any atom is 0.0541 e. The van der Waals surface area contributed by atoms with E-state index in [4.69, 9.17) is 0 Å². The van der Waals surface area contributed by atoms with Gasteiger partial charge in [-0.1, -0.05) is 72.8 Å². The molecule has 0 fully saturated rings. The summed E-state index contributed by atoms with van der Waals surface area (Å²) in [4.78, 5) is 1.43. The molecule has 0 aliphatic heterocycles. The maximum atomic E-state index is 2.46. The van der Waals surface area contributed by atoms with E-state index in [0.717, 1.165) is 19.3 Å². The van der Waals surface area contributed by atoms with E-state index in [9.17, 15) is 0 Å². The second kappa shape index (κ2) is 9.90. The Bertz CT molecular complexity index is 2580. The highest BCUT2D eigenvalue weighted by Crippen LogP contribution is 2.41. The quantitative estimate of drug-likeness (QED) is 0.187. The molecule has 0 amide bonds. The largest absolute Gasteiger partial charge is 0.309 e. The van der Waals surface area contributed by atoms with Gasteiger partial charge in [0.2, 0.25) is 0 Å². The van der Waals surface area contributed by atoms with Crippen LogP contribution in [0.5, 0.6) is 0 Å². The van der Waals surface area contributed by atoms with Gasteiger partial charge in [0.15, 0.2) is 0 Å². The molecule has 8 aromatic rings. The highest BCUT2D eigenvalue weighted by molar-refractivity contribution is 7.25. The van der Waals surface area contributed by atoms with Crippen molar-refractivity contribution in [3.8, 4) is 5.69 Å². The molecule has 1 nitrogen and oxygen atoms in total. The molecule has 0 radical (unpaired) electrons. The maximum absolute atomic E-state index is 2.46. The molecule has 10 rings (SSSR count). The zero-order chi connectivity index (χ0) is 29.5. The van der Waals surface area contributed by atoms with Crippen LogP contribution in [0.15, 0.2) is 127 Å². The molecule has 0 N–H and O–H groups in total. The smallest absolute Gasteiger partial charge is 0.0541 e. The molecule has 0 spiro atoms. The number of hydrogen-bond acceptors (Lipinski definition) is 2. The third-order valence-corrected chi connectivity index (χ3v) is 12.2. The van der Waals surface area contributed by atoms with Crippen LogP contribution in [0.25, 0.3) is 69.4 Å². The van der Waals surface area contributed by atoms with Gasteiger partial charge in [0.1, 0.15) is 0 Å². The van der Waals surface area contributed by atoms with E-state index in [1.807, 2.05) is 22.7 Å². The van der Waals surface area contributed by atoms with Crippen LogP contribution in [-0.4, -0.2) is 4.57 Å². The topological polar surface area (TPSA) is 4.93 Å². The standard InChI is InChI=1S/C42H29NS2/c1-4-10-37-31(7-1)34-23-28(17-20-38(34)43(37)30-19-22-42-36(25-30)33-9-3-6-12-40(33)45-42)26-13-15-27(16-14-26)29-18-21-41-35(24-29)32-8-2-5-11-39(32)44-41/h1-2,4-8,10-15,17-25,27H,3,9,16H2. The van der Waals surface area contributed by atoms with Gasteiger partial charge in [-0.15, -0.1) is 22.7 Å². The van der Waals surface area contributed by atoms with Crippen molar-refractivity contribution in [1.29, 1.82) is 0 Å². The van der Waals surface area contributed by atoms with Gasteiger partial charge in [0, 0.05) is 52.1 Å². The lowest BCUT2D eigenvalue weighted by Crippen LogP contribution is -1.99. The van der Waals surface area contributed by atoms with Crippen molar-refractivity contribution in [2.45, 2.75) is 25.2 Å². The molecule has 0 saturated carbocycles. The van der Waals surface area contributed by atoms with Gasteiger partial charge in [-0.2, -0.15) is 0 Å². The van der Waals surface area contributed by atoms with Crippen LogP contribution in [-0.2, 0) is 6.42 Å². The second-order valence-electron chi connectivity index (χ2n) is 12.4. The summed E-state index contributed by atoms with van der Waals surface area (Å²) >= 11 is 3.81. The van der Waals surface area contributed by atoms with Crippen molar-refractivity contribution in [2.75, 3.05) is 0 Å². The number of fused-ring (bicyclic) bond motifs is 9. The third-order valence-electron chi connectivity index (χ3n) is 9.83. The molecule has 1 atom stereocenters. The van der Waals surface area contributed by atoms with Crippen LogP contribution in [0.2, 0.25) is 0 Å². The van der Waals surface area contributed by atoms with Crippen molar-refractivity contribution in [2.24, 2.45) is 0 Å². The van der Waals surface area contributed by atoms with E-state index in [-0.39, 0.29) is 0 Å². The van der Waals surface area contributed by atoms with Crippen LogP contribution in [0.3, 0.4) is 0 Å². The number of thiophene rings is 2. The fraction of sp³-hybridized carbons (Fsp3) is 0.0952. The van der Waals surface area contributed by atoms with E-state index in [1.54, 1.807) is 0 Å². The monoisotopic (exact) mass is 611 g/mol. The lowest BCUT2D eigenvalue weighted by Gasteiger charge is -2.17. The zero-order valence-corrected chi connectivity index (χ0v) is 26.3. The van der Waals surface area contributed by atoms with Crippen LogP contribution in [0.1, 0.15) is 40.3 Å². The molecule has 1 unspecified atom stereocenters. The van der Waals surface area contributed by atoms with Gasteiger partial charge in [-0.25, -0.2) is 0 Å². The summed E-state index contributed by atoms with van der Waals surface area (Å²) in [5.41, 5.74) is 9.28. The van der Waals surface area contributed by atoms with Crippen LogP contribution in [0.4, 0.5) is 0 Å². The third kappa shape index (κ3) is 3.97. The molecule has 3 aromatic heterocycles. The first-order valence-electron chi connectivity index (χ1n) is 15.8. The minimum atomic E-state index is 0.399. The first-order chi connectivity index (χ1) is 22.3. The van der Waals surface area contributed by atoms with Crippen molar-refractivity contribution >= 4 is 86.4 Å². The predicted octanol–water partition coefficient (Wildman–Crippen LogP) is 12.5. The molecular weight excluding hydrogens is 583 g/mol. The number of hydrogen-bond donors (Lipinski definition) is 0. The highest BCUT2D eigenvalue weighted by Gasteiger charge is 2.18. The average Bonchev–Trinajstić information content (AvgIpc) is 3.77. The fourth-order valence-corrected chi connectivity index (χ4v) is 9.84. The molecule has 45 heavy (non-hydrogen) atoms. The van der Waals surface area contributed by atoms with E-state index in [0.29, 0.717) is 5.92 Å². The van der Waals surface area contributed by atoms with Gasteiger partial charge >= 0.3 is 0 Å². The molecule has 2 aliphatic rings. The van der Waals surface area contributed by atoms with Crippen LogP contribution >= 0.6 is 22.7 Å². The van der Waals surface area contributed by atoms with Crippen LogP contribution < -0.4 is 0 Å². The summed E-state index contributed by atoms with van der Waals surface area (Å²) in [6, 6.07) is 38.8. The van der Waals surface area contributed by atoms with Gasteiger partial charge in [-0.3, -0.25) is 0 Å².